The Morgan fingerprint density at radius 2 is 1.80 bits per heavy atom. The van der Waals surface area contributed by atoms with Gasteiger partial charge in [-0.05, 0) is 45.7 Å². The number of amides is 5. The summed E-state index contributed by atoms with van der Waals surface area (Å²) in [6, 6.07) is 3.20. The van der Waals surface area contributed by atoms with Gasteiger partial charge in [-0.15, -0.1) is 4.28 Å². The number of rotatable bonds is 5. The second-order valence-corrected chi connectivity index (χ2v) is 9.43. The van der Waals surface area contributed by atoms with Crippen molar-refractivity contribution in [2.24, 2.45) is 0 Å². The Morgan fingerprint density at radius 1 is 1.14 bits per heavy atom. The normalized spacial score (nSPS) is 19.3. The molecule has 0 spiro atoms. The number of ether oxygens (including phenoxy) is 1. The Balaban J connectivity index is 0.000000625. The predicted octanol–water partition coefficient (Wildman–Crippen LogP) is -0.257. The number of nitrogens with one attached hydrogen (secondary N) is 3. The highest BCUT2D eigenvalue weighted by atomic mass is 32.3. The van der Waals surface area contributed by atoms with Crippen LogP contribution in [-0.2, 0) is 29.0 Å². The van der Waals surface area contributed by atoms with E-state index in [1.54, 1.807) is 33.2 Å². The molecule has 0 aromatic carbocycles. The molecule has 16 heteroatoms. The summed E-state index contributed by atoms with van der Waals surface area (Å²) in [6.07, 6.45) is 3.11. The quantitative estimate of drug-likeness (QED) is 0.299. The van der Waals surface area contributed by atoms with Crippen molar-refractivity contribution in [1.29, 1.82) is 0 Å². The number of hydrogen-bond acceptors (Lipinski definition) is 9. The van der Waals surface area contributed by atoms with Crippen molar-refractivity contribution in [1.82, 2.24) is 31.1 Å². The van der Waals surface area contributed by atoms with Crippen LogP contribution in [0.25, 0.3) is 0 Å². The lowest BCUT2D eigenvalue weighted by Crippen LogP contribution is -2.55. The van der Waals surface area contributed by atoms with Crippen LogP contribution in [0, 0.1) is 0 Å². The fourth-order valence-electron chi connectivity index (χ4n) is 3.14. The van der Waals surface area contributed by atoms with Crippen molar-refractivity contribution in [3.63, 3.8) is 0 Å². The van der Waals surface area contributed by atoms with Gasteiger partial charge in [0.2, 0.25) is 0 Å². The van der Waals surface area contributed by atoms with Gasteiger partial charge in [-0.3, -0.25) is 30.0 Å². The third-order valence-corrected chi connectivity index (χ3v) is 4.83. The average Bonchev–Trinajstić information content (AvgIpc) is 3.00. The number of fused-ring (bicyclic) bond motifs is 2. The Bertz CT molecular complexity index is 989. The predicted molar refractivity (Wildman–Crippen MR) is 118 cm³/mol. The molecule has 3 rings (SSSR count). The second kappa shape index (κ2) is 11.8. The molecule has 2 atom stereocenters. The van der Waals surface area contributed by atoms with Crippen LogP contribution in [0.1, 0.15) is 33.6 Å². The number of alkyl carbamates (subject to hydrolysis) is 1. The number of piperidine rings is 1. The van der Waals surface area contributed by atoms with Gasteiger partial charge in [0.25, 0.3) is 11.8 Å². The SMILES string of the molecule is CC(C)(C)OC(=O)NCC(=O)NNC(=O)[C@@H]1CC[C@@H]2CN1C(=O)N2OS(=O)(=O)O.c1ccncc1. The number of hydroxylamine groups is 2. The zero-order valence-electron chi connectivity index (χ0n) is 19.3. The fourth-order valence-corrected chi connectivity index (χ4v) is 3.53. The van der Waals surface area contributed by atoms with Crippen LogP contribution in [0.15, 0.2) is 30.6 Å². The lowest BCUT2D eigenvalue weighted by Gasteiger charge is -2.29. The number of aromatic nitrogens is 1. The molecule has 15 nitrogen and oxygen atoms in total. The summed E-state index contributed by atoms with van der Waals surface area (Å²) in [6.45, 7) is 4.53. The molecule has 0 saturated carbocycles. The first-order chi connectivity index (χ1) is 16.3. The highest BCUT2D eigenvalue weighted by Gasteiger charge is 2.49. The third-order valence-electron chi connectivity index (χ3n) is 4.48. The summed E-state index contributed by atoms with van der Waals surface area (Å²) in [5.74, 6) is -1.45. The molecule has 3 heterocycles. The van der Waals surface area contributed by atoms with Gasteiger partial charge in [0.15, 0.2) is 0 Å². The van der Waals surface area contributed by atoms with Crippen molar-refractivity contribution in [3.05, 3.63) is 30.6 Å². The van der Waals surface area contributed by atoms with Crippen molar-refractivity contribution in [3.8, 4) is 0 Å². The number of urea groups is 1. The van der Waals surface area contributed by atoms with E-state index in [-0.39, 0.29) is 19.4 Å². The molecule has 2 aliphatic heterocycles. The first-order valence-corrected chi connectivity index (χ1v) is 11.8. The van der Waals surface area contributed by atoms with Crippen LogP contribution in [0.2, 0.25) is 0 Å². The highest BCUT2D eigenvalue weighted by molar-refractivity contribution is 7.80. The van der Waals surface area contributed by atoms with E-state index >= 15 is 0 Å². The van der Waals surface area contributed by atoms with E-state index in [0.29, 0.717) is 5.06 Å². The summed E-state index contributed by atoms with van der Waals surface area (Å²) in [7, 11) is -4.89. The lowest BCUT2D eigenvalue weighted by atomic mass is 10.0. The summed E-state index contributed by atoms with van der Waals surface area (Å²) in [4.78, 5) is 52.6. The van der Waals surface area contributed by atoms with Crippen molar-refractivity contribution >= 4 is 34.3 Å². The first kappa shape index (κ1) is 27.7. The molecular formula is C19H28N6O9S. The molecular weight excluding hydrogens is 488 g/mol. The zero-order valence-corrected chi connectivity index (χ0v) is 20.1. The van der Waals surface area contributed by atoms with E-state index < -0.39 is 58.6 Å². The molecule has 1 aromatic rings. The Labute approximate surface area is 202 Å². The molecule has 194 valence electrons. The van der Waals surface area contributed by atoms with Gasteiger partial charge in [0.05, 0.1) is 6.04 Å². The summed E-state index contributed by atoms with van der Waals surface area (Å²) >= 11 is 0. The first-order valence-electron chi connectivity index (χ1n) is 10.4. The molecule has 1 aromatic heterocycles. The molecule has 5 amide bonds. The maximum atomic E-state index is 12.3. The van der Waals surface area contributed by atoms with Crippen LogP contribution < -0.4 is 16.2 Å². The molecule has 35 heavy (non-hydrogen) atoms. The molecule has 4 N–H and O–H groups in total. The number of pyridine rings is 1. The van der Waals surface area contributed by atoms with E-state index in [9.17, 15) is 27.6 Å². The number of nitrogens with zero attached hydrogens (tertiary/aromatic N) is 3. The molecule has 0 aliphatic carbocycles. The second-order valence-electron chi connectivity index (χ2n) is 8.43. The third kappa shape index (κ3) is 9.34. The van der Waals surface area contributed by atoms with E-state index in [4.69, 9.17) is 9.29 Å². The van der Waals surface area contributed by atoms with Gasteiger partial charge in [-0.1, -0.05) is 6.07 Å². The molecule has 2 fully saturated rings. The van der Waals surface area contributed by atoms with Gasteiger partial charge < -0.3 is 15.0 Å². The summed E-state index contributed by atoms with van der Waals surface area (Å²) < 4.78 is 39.7. The lowest BCUT2D eigenvalue weighted by molar-refractivity contribution is -0.131. The maximum absolute atomic E-state index is 12.3. The minimum Gasteiger partial charge on any atom is -0.444 e. The highest BCUT2D eigenvalue weighted by Crippen LogP contribution is 2.30. The number of carbonyl (C=O) groups is 4. The molecule has 0 radical (unpaired) electrons. The number of hydrazine groups is 1. The van der Waals surface area contributed by atoms with E-state index in [2.05, 4.69) is 25.4 Å². The van der Waals surface area contributed by atoms with E-state index in [1.165, 1.54) is 0 Å². The van der Waals surface area contributed by atoms with Crippen LogP contribution in [0.3, 0.4) is 0 Å². The van der Waals surface area contributed by atoms with Crippen LogP contribution in [0.4, 0.5) is 9.59 Å². The Hall–Kier alpha value is -3.50. The van der Waals surface area contributed by atoms with Gasteiger partial charge in [-0.2, -0.15) is 13.5 Å². The standard InChI is InChI=1S/C14H23N5O9S.C5H5N/c1-14(2,3)27-12(22)15-6-10(20)16-17-11(21)9-5-4-8-7-18(9)13(23)19(8)28-29(24,25)26;1-2-4-6-5-3-1/h8-9H,4-7H2,1-3H3,(H,15,22)(H,16,20)(H,17,21)(H,24,25,26);1-5H/t8-,9+;/m1./s1. The van der Waals surface area contributed by atoms with Gasteiger partial charge in [0, 0.05) is 18.9 Å². The van der Waals surface area contributed by atoms with Crippen LogP contribution in [0.5, 0.6) is 0 Å². The van der Waals surface area contributed by atoms with Gasteiger partial charge in [-0.25, -0.2) is 9.59 Å². The van der Waals surface area contributed by atoms with Crippen molar-refractivity contribution in [2.45, 2.75) is 51.3 Å². The van der Waals surface area contributed by atoms with Gasteiger partial charge in [0.1, 0.15) is 18.2 Å². The van der Waals surface area contributed by atoms with Crippen LogP contribution >= 0.6 is 0 Å². The molecule has 0 unspecified atom stereocenters. The van der Waals surface area contributed by atoms with Crippen molar-refractivity contribution in [2.75, 3.05) is 13.1 Å². The van der Waals surface area contributed by atoms with Crippen LogP contribution in [-0.4, -0.2) is 82.6 Å². The average molecular weight is 517 g/mol. The minimum atomic E-state index is -4.89. The number of hydrogen-bond donors (Lipinski definition) is 4. The largest absolute Gasteiger partial charge is 0.444 e. The topological polar surface area (TPSA) is 197 Å². The minimum absolute atomic E-state index is 0.0145. The summed E-state index contributed by atoms with van der Waals surface area (Å²) in [5, 5.41) is 2.72. The Kier molecular flexibility index (Phi) is 9.32. The fraction of sp³-hybridized carbons (Fsp3) is 0.526. The molecule has 2 aliphatic rings. The van der Waals surface area contributed by atoms with Crippen molar-refractivity contribution < 1.29 is 41.2 Å². The maximum Gasteiger partial charge on any atom is 0.418 e. The van der Waals surface area contributed by atoms with E-state index in [0.717, 1.165) is 4.90 Å². The molecule has 2 bridgehead atoms. The van der Waals surface area contributed by atoms with E-state index in [1.807, 2.05) is 18.2 Å². The zero-order chi connectivity index (χ0) is 26.2. The molecule has 2 saturated heterocycles. The Morgan fingerprint density at radius 3 is 2.31 bits per heavy atom. The smallest absolute Gasteiger partial charge is 0.418 e. The monoisotopic (exact) mass is 516 g/mol. The number of carbonyl (C=O) groups excluding carboxylic acids is 4. The summed E-state index contributed by atoms with van der Waals surface area (Å²) in [5.41, 5.74) is 3.50. The van der Waals surface area contributed by atoms with Gasteiger partial charge >= 0.3 is 22.5 Å².